The number of hydrogen-bond acceptors (Lipinski definition) is 8. The molecule has 3 aromatic rings. The number of ether oxygens (including phenoxy) is 3. The third-order valence-corrected chi connectivity index (χ3v) is 6.72. The molecular weight excluding hydrogens is 432 g/mol. The standard InChI is InChI=1S/C22H25ClN6O3/c1-28-5-7-29(8-6-28)18-3-2-13(11-24-18)19-14(23)10-15-21(26-19)27-22(25-15)32-17-12-31-16-4-9-30-20(16)17/h2-3,10-11,16-17,20H,4-9,12H2,1H3,(H,25,26,27)/t16-,17?,20+/m1/s1. The molecule has 0 radical (unpaired) electrons. The van der Waals surface area contributed by atoms with Crippen LogP contribution in [0.4, 0.5) is 5.82 Å². The number of anilines is 1. The number of imidazole rings is 1. The number of aromatic nitrogens is 4. The molecule has 1 N–H and O–H groups in total. The first kappa shape index (κ1) is 20.2. The van der Waals surface area contributed by atoms with Crippen LogP contribution in [-0.2, 0) is 9.47 Å². The molecule has 1 unspecified atom stereocenters. The number of H-pyrrole nitrogens is 1. The van der Waals surface area contributed by atoms with E-state index >= 15 is 0 Å². The molecule has 0 aromatic carbocycles. The van der Waals surface area contributed by atoms with Crippen molar-refractivity contribution in [2.45, 2.75) is 24.7 Å². The van der Waals surface area contributed by atoms with Gasteiger partial charge in [0.25, 0.3) is 6.01 Å². The number of rotatable bonds is 4. The van der Waals surface area contributed by atoms with Gasteiger partial charge in [0.1, 0.15) is 11.9 Å². The first-order valence-corrected chi connectivity index (χ1v) is 11.4. The minimum Gasteiger partial charge on any atom is -0.456 e. The highest BCUT2D eigenvalue weighted by atomic mass is 35.5. The highest BCUT2D eigenvalue weighted by Gasteiger charge is 2.43. The average Bonchev–Trinajstić information content (AvgIpc) is 3.51. The molecule has 3 atom stereocenters. The summed E-state index contributed by atoms with van der Waals surface area (Å²) in [4.78, 5) is 21.6. The van der Waals surface area contributed by atoms with E-state index in [1.807, 2.05) is 24.4 Å². The topological polar surface area (TPSA) is 88.6 Å². The van der Waals surface area contributed by atoms with Crippen LogP contribution in [0.3, 0.4) is 0 Å². The number of fused-ring (bicyclic) bond motifs is 2. The molecule has 3 aliphatic rings. The van der Waals surface area contributed by atoms with Crippen LogP contribution in [0.25, 0.3) is 22.4 Å². The summed E-state index contributed by atoms with van der Waals surface area (Å²) in [5.74, 6) is 0.973. The summed E-state index contributed by atoms with van der Waals surface area (Å²) in [6, 6.07) is 6.26. The summed E-state index contributed by atoms with van der Waals surface area (Å²) in [6.07, 6.45) is 2.63. The summed E-state index contributed by atoms with van der Waals surface area (Å²) < 4.78 is 17.5. The Kier molecular flexibility index (Phi) is 5.14. The molecule has 10 heteroatoms. The van der Waals surface area contributed by atoms with Crippen molar-refractivity contribution in [1.82, 2.24) is 24.8 Å². The van der Waals surface area contributed by atoms with Gasteiger partial charge in [0, 0.05) is 44.5 Å². The van der Waals surface area contributed by atoms with Crippen LogP contribution in [0.1, 0.15) is 6.42 Å². The normalized spacial score (nSPS) is 26.1. The monoisotopic (exact) mass is 456 g/mol. The Labute approximate surface area is 190 Å². The molecule has 0 saturated carbocycles. The fourth-order valence-electron chi connectivity index (χ4n) is 4.58. The second-order valence-corrected chi connectivity index (χ2v) is 8.99. The van der Waals surface area contributed by atoms with Gasteiger partial charge in [-0.05, 0) is 31.7 Å². The lowest BCUT2D eigenvalue weighted by Crippen LogP contribution is -2.44. The zero-order valence-corrected chi connectivity index (χ0v) is 18.6. The average molecular weight is 457 g/mol. The van der Waals surface area contributed by atoms with E-state index in [1.165, 1.54) is 0 Å². The molecule has 3 fully saturated rings. The number of nitrogens with one attached hydrogen (secondary N) is 1. The van der Waals surface area contributed by atoms with Gasteiger partial charge in [-0.25, -0.2) is 9.97 Å². The summed E-state index contributed by atoms with van der Waals surface area (Å²) in [7, 11) is 2.14. The Hall–Kier alpha value is -2.46. The lowest BCUT2D eigenvalue weighted by molar-refractivity contribution is 0.0273. The Morgan fingerprint density at radius 3 is 2.84 bits per heavy atom. The number of pyridine rings is 2. The van der Waals surface area contributed by atoms with Gasteiger partial charge in [-0.15, -0.1) is 0 Å². The van der Waals surface area contributed by atoms with Crippen molar-refractivity contribution in [3.8, 4) is 17.3 Å². The number of aromatic amines is 1. The van der Waals surface area contributed by atoms with Crippen molar-refractivity contribution in [3.63, 3.8) is 0 Å². The molecule has 168 valence electrons. The number of likely N-dealkylation sites (N-methyl/N-ethyl adjacent to an activating group) is 1. The Morgan fingerprint density at radius 2 is 2.03 bits per heavy atom. The fraction of sp³-hybridized carbons (Fsp3) is 0.500. The molecule has 0 bridgehead atoms. The molecule has 0 amide bonds. The first-order chi connectivity index (χ1) is 15.6. The molecule has 6 rings (SSSR count). The van der Waals surface area contributed by atoms with E-state index in [4.69, 9.17) is 25.8 Å². The van der Waals surface area contributed by atoms with Gasteiger partial charge in [0.15, 0.2) is 11.8 Å². The third kappa shape index (κ3) is 3.69. The zero-order chi connectivity index (χ0) is 21.7. The molecule has 9 nitrogen and oxygen atoms in total. The van der Waals surface area contributed by atoms with Crippen LogP contribution >= 0.6 is 11.6 Å². The maximum absolute atomic E-state index is 6.56. The minimum atomic E-state index is -0.177. The molecule has 32 heavy (non-hydrogen) atoms. The van der Waals surface area contributed by atoms with Crippen molar-refractivity contribution in [2.75, 3.05) is 51.3 Å². The highest BCUT2D eigenvalue weighted by Crippen LogP contribution is 2.32. The van der Waals surface area contributed by atoms with Gasteiger partial charge in [-0.3, -0.25) is 0 Å². The number of halogens is 1. The molecule has 6 heterocycles. The van der Waals surface area contributed by atoms with Crippen molar-refractivity contribution < 1.29 is 14.2 Å². The lowest BCUT2D eigenvalue weighted by atomic mass is 10.1. The zero-order valence-electron chi connectivity index (χ0n) is 17.8. The molecule has 3 saturated heterocycles. The van der Waals surface area contributed by atoms with Gasteiger partial charge in [0.05, 0.1) is 28.9 Å². The van der Waals surface area contributed by atoms with E-state index in [-0.39, 0.29) is 18.3 Å². The quantitative estimate of drug-likeness (QED) is 0.640. The number of piperazine rings is 1. The second kappa shape index (κ2) is 8.15. The van der Waals surface area contributed by atoms with E-state index in [9.17, 15) is 0 Å². The predicted molar refractivity (Wildman–Crippen MR) is 120 cm³/mol. The van der Waals surface area contributed by atoms with Crippen LogP contribution < -0.4 is 9.64 Å². The largest absolute Gasteiger partial charge is 0.456 e. The second-order valence-electron chi connectivity index (χ2n) is 8.58. The van der Waals surface area contributed by atoms with E-state index < -0.39 is 0 Å². The van der Waals surface area contributed by atoms with Crippen LogP contribution in [0.5, 0.6) is 6.01 Å². The summed E-state index contributed by atoms with van der Waals surface area (Å²) in [6.45, 7) is 5.23. The summed E-state index contributed by atoms with van der Waals surface area (Å²) in [5, 5.41) is 0.533. The van der Waals surface area contributed by atoms with Crippen LogP contribution in [0, 0.1) is 0 Å². The minimum absolute atomic E-state index is 0.0415. The molecule has 0 spiro atoms. The van der Waals surface area contributed by atoms with E-state index in [0.717, 1.165) is 49.5 Å². The van der Waals surface area contributed by atoms with Crippen LogP contribution in [0.15, 0.2) is 24.4 Å². The SMILES string of the molecule is CN1CCN(c2ccc(-c3nc4nc(OC5CO[C@@H]6CCO[C@H]56)[nH]c4cc3Cl)cn2)CC1. The van der Waals surface area contributed by atoms with Gasteiger partial charge in [-0.2, -0.15) is 4.98 Å². The molecule has 0 aliphatic carbocycles. The van der Waals surface area contributed by atoms with E-state index in [2.05, 4.69) is 36.8 Å². The van der Waals surface area contributed by atoms with Crippen molar-refractivity contribution in [3.05, 3.63) is 29.4 Å². The van der Waals surface area contributed by atoms with Crippen molar-refractivity contribution in [2.24, 2.45) is 0 Å². The Bertz CT molecular complexity index is 1110. The van der Waals surface area contributed by atoms with Gasteiger partial charge < -0.3 is 29.0 Å². The van der Waals surface area contributed by atoms with Gasteiger partial charge in [0.2, 0.25) is 0 Å². The summed E-state index contributed by atoms with van der Waals surface area (Å²) in [5.41, 5.74) is 2.77. The van der Waals surface area contributed by atoms with Crippen molar-refractivity contribution in [1.29, 1.82) is 0 Å². The van der Waals surface area contributed by atoms with E-state index in [0.29, 0.717) is 35.6 Å². The maximum atomic E-state index is 6.56. The molecule has 3 aliphatic heterocycles. The predicted octanol–water partition coefficient (Wildman–Crippen LogP) is 2.36. The molecular formula is C22H25ClN6O3. The molecule has 3 aromatic heterocycles. The summed E-state index contributed by atoms with van der Waals surface area (Å²) >= 11 is 6.56. The van der Waals surface area contributed by atoms with E-state index in [1.54, 1.807) is 0 Å². The third-order valence-electron chi connectivity index (χ3n) is 6.44. The highest BCUT2D eigenvalue weighted by molar-refractivity contribution is 6.33. The van der Waals surface area contributed by atoms with Gasteiger partial charge in [-0.1, -0.05) is 11.6 Å². The van der Waals surface area contributed by atoms with Crippen molar-refractivity contribution >= 4 is 28.6 Å². The van der Waals surface area contributed by atoms with Crippen LogP contribution in [0.2, 0.25) is 5.02 Å². The fourth-order valence-corrected chi connectivity index (χ4v) is 4.84. The first-order valence-electron chi connectivity index (χ1n) is 11.0. The Morgan fingerprint density at radius 1 is 1.16 bits per heavy atom. The lowest BCUT2D eigenvalue weighted by Gasteiger charge is -2.33. The van der Waals surface area contributed by atoms with Crippen LogP contribution in [-0.4, -0.2) is 89.6 Å². The van der Waals surface area contributed by atoms with Gasteiger partial charge >= 0.3 is 0 Å². The maximum Gasteiger partial charge on any atom is 0.296 e. The number of nitrogens with zero attached hydrogens (tertiary/aromatic N) is 5. The smallest absolute Gasteiger partial charge is 0.296 e. The number of hydrogen-bond donors (Lipinski definition) is 1. The Balaban J connectivity index is 1.22.